The summed E-state index contributed by atoms with van der Waals surface area (Å²) < 4.78 is 5.32. The highest BCUT2D eigenvalue weighted by atomic mass is 35.5. The molecular weight excluding hydrogens is 335 g/mol. The lowest BCUT2D eigenvalue weighted by molar-refractivity contribution is 0.0299. The highest BCUT2D eigenvalue weighted by Crippen LogP contribution is 2.26. The topological polar surface area (TPSA) is 41.6 Å². The van der Waals surface area contributed by atoms with Crippen molar-refractivity contribution in [1.29, 1.82) is 0 Å². The molecule has 0 aromatic heterocycles. The third-order valence-electron chi connectivity index (χ3n) is 3.30. The van der Waals surface area contributed by atoms with Crippen LogP contribution in [-0.2, 0) is 4.74 Å². The smallest absolute Gasteiger partial charge is 0.410 e. The maximum atomic E-state index is 11.9. The fourth-order valence-corrected chi connectivity index (χ4v) is 2.37. The molecule has 1 N–H and O–H groups in total. The maximum absolute atomic E-state index is 11.9. The molecule has 0 heterocycles. The molecule has 6 heteroatoms. The Kier molecular flexibility index (Phi) is 7.65. The van der Waals surface area contributed by atoms with Gasteiger partial charge >= 0.3 is 6.09 Å². The third-order valence-corrected chi connectivity index (χ3v) is 4.04. The molecular formula is C17H26Cl2N2O2. The van der Waals surface area contributed by atoms with Crippen LogP contribution in [0, 0.1) is 0 Å². The summed E-state index contributed by atoms with van der Waals surface area (Å²) in [6.07, 6.45) is 0.593. The number of halogens is 2. The van der Waals surface area contributed by atoms with Crippen molar-refractivity contribution in [2.45, 2.75) is 45.8 Å². The first kappa shape index (κ1) is 20.1. The molecule has 0 aliphatic carbocycles. The fraction of sp³-hybridized carbons (Fsp3) is 0.588. The van der Waals surface area contributed by atoms with Crippen LogP contribution in [0.1, 0.15) is 45.7 Å². The first-order valence-electron chi connectivity index (χ1n) is 7.76. The number of carbonyl (C=O) groups excluding carboxylic acids is 1. The number of nitrogens with one attached hydrogen (secondary N) is 1. The molecule has 0 bridgehead atoms. The molecule has 1 rings (SSSR count). The predicted molar refractivity (Wildman–Crippen MR) is 96.4 cm³/mol. The van der Waals surface area contributed by atoms with Gasteiger partial charge in [-0.05, 0) is 44.9 Å². The lowest BCUT2D eigenvalue weighted by atomic mass is 10.0. The average Bonchev–Trinajstić information content (AvgIpc) is 2.44. The van der Waals surface area contributed by atoms with Crippen molar-refractivity contribution in [2.24, 2.45) is 0 Å². The summed E-state index contributed by atoms with van der Waals surface area (Å²) in [6, 6.07) is 5.81. The number of ether oxygens (including phenoxy) is 1. The van der Waals surface area contributed by atoms with Gasteiger partial charge in [-0.2, -0.15) is 0 Å². The number of hydrogen-bond donors (Lipinski definition) is 1. The number of carbonyl (C=O) groups is 1. The van der Waals surface area contributed by atoms with Crippen molar-refractivity contribution in [1.82, 2.24) is 10.2 Å². The number of nitrogens with zero attached hydrogens (tertiary/aromatic N) is 1. The van der Waals surface area contributed by atoms with E-state index in [4.69, 9.17) is 27.9 Å². The van der Waals surface area contributed by atoms with Gasteiger partial charge in [0.1, 0.15) is 5.60 Å². The van der Waals surface area contributed by atoms with Crippen LogP contribution in [0.2, 0.25) is 10.0 Å². The number of hydrogen-bond acceptors (Lipinski definition) is 3. The monoisotopic (exact) mass is 360 g/mol. The van der Waals surface area contributed by atoms with Gasteiger partial charge in [0.2, 0.25) is 0 Å². The zero-order chi connectivity index (χ0) is 17.6. The minimum Gasteiger partial charge on any atom is -0.444 e. The lowest BCUT2D eigenvalue weighted by Gasteiger charge is -2.25. The Bertz CT molecular complexity index is 530. The summed E-state index contributed by atoms with van der Waals surface area (Å²) >= 11 is 12.0. The van der Waals surface area contributed by atoms with Crippen LogP contribution < -0.4 is 5.32 Å². The standard InChI is InChI=1S/C17H26Cl2N2O2/c1-6-15(12-7-8-13(18)14(19)11-12)20-9-10-21(5)16(22)23-17(2,3)4/h7-8,11,15,20H,6,9-10H2,1-5H3. The second-order valence-corrected chi connectivity index (χ2v) is 7.30. The van der Waals surface area contributed by atoms with E-state index in [9.17, 15) is 4.79 Å². The predicted octanol–water partition coefficient (Wildman–Crippen LogP) is 4.90. The minimum atomic E-state index is -0.481. The molecule has 0 radical (unpaired) electrons. The number of benzene rings is 1. The van der Waals surface area contributed by atoms with Gasteiger partial charge in [-0.1, -0.05) is 36.2 Å². The number of amides is 1. The first-order valence-corrected chi connectivity index (χ1v) is 8.52. The van der Waals surface area contributed by atoms with Crippen molar-refractivity contribution in [2.75, 3.05) is 20.1 Å². The van der Waals surface area contributed by atoms with Crippen LogP contribution in [0.25, 0.3) is 0 Å². The van der Waals surface area contributed by atoms with Gasteiger partial charge in [-0.25, -0.2) is 4.79 Å². The van der Waals surface area contributed by atoms with Crippen LogP contribution >= 0.6 is 23.2 Å². The van der Waals surface area contributed by atoms with Crippen LogP contribution in [0.3, 0.4) is 0 Å². The Morgan fingerprint density at radius 3 is 2.48 bits per heavy atom. The van der Waals surface area contributed by atoms with E-state index in [0.717, 1.165) is 12.0 Å². The summed E-state index contributed by atoms with van der Waals surface area (Å²) in [6.45, 7) is 8.89. The van der Waals surface area contributed by atoms with Gasteiger partial charge in [0.05, 0.1) is 10.0 Å². The molecule has 0 saturated heterocycles. The molecule has 1 aromatic rings. The number of rotatable bonds is 6. The second-order valence-electron chi connectivity index (χ2n) is 6.49. The van der Waals surface area contributed by atoms with Crippen molar-refractivity contribution in [3.63, 3.8) is 0 Å². The second kappa shape index (κ2) is 8.76. The molecule has 1 aromatic carbocycles. The molecule has 1 atom stereocenters. The Labute approximate surface area is 149 Å². The van der Waals surface area contributed by atoms with E-state index < -0.39 is 5.60 Å². The van der Waals surface area contributed by atoms with Gasteiger partial charge < -0.3 is 15.0 Å². The maximum Gasteiger partial charge on any atom is 0.410 e. The van der Waals surface area contributed by atoms with E-state index in [1.54, 1.807) is 18.0 Å². The van der Waals surface area contributed by atoms with Gasteiger partial charge in [0, 0.05) is 26.2 Å². The van der Waals surface area contributed by atoms with E-state index in [1.807, 2.05) is 32.9 Å². The first-order chi connectivity index (χ1) is 10.6. The van der Waals surface area contributed by atoms with E-state index in [1.165, 1.54) is 0 Å². The molecule has 0 fully saturated rings. The van der Waals surface area contributed by atoms with Crippen LogP contribution in [0.15, 0.2) is 18.2 Å². The van der Waals surface area contributed by atoms with Gasteiger partial charge in [-0.15, -0.1) is 0 Å². The lowest BCUT2D eigenvalue weighted by Crippen LogP contribution is -2.38. The van der Waals surface area contributed by atoms with E-state index in [-0.39, 0.29) is 12.1 Å². The summed E-state index contributed by atoms with van der Waals surface area (Å²) in [4.78, 5) is 13.5. The van der Waals surface area contributed by atoms with Gasteiger partial charge in [0.25, 0.3) is 0 Å². The number of likely N-dealkylation sites (N-methyl/N-ethyl adjacent to an activating group) is 1. The molecule has 4 nitrogen and oxygen atoms in total. The van der Waals surface area contributed by atoms with Crippen molar-refractivity contribution >= 4 is 29.3 Å². The Balaban J connectivity index is 2.52. The van der Waals surface area contributed by atoms with Crippen LogP contribution in [0.4, 0.5) is 4.79 Å². The Hall–Kier alpha value is -0.970. The van der Waals surface area contributed by atoms with Crippen molar-refractivity contribution in [3.8, 4) is 0 Å². The molecule has 0 aliphatic rings. The average molecular weight is 361 g/mol. The molecule has 0 spiro atoms. The van der Waals surface area contributed by atoms with E-state index >= 15 is 0 Å². The summed E-state index contributed by atoms with van der Waals surface area (Å²) in [5.41, 5.74) is 0.604. The fourth-order valence-electron chi connectivity index (χ4n) is 2.06. The molecule has 130 valence electrons. The normalized spacial score (nSPS) is 12.8. The quantitative estimate of drug-likeness (QED) is 0.784. The van der Waals surface area contributed by atoms with Crippen LogP contribution in [0.5, 0.6) is 0 Å². The largest absolute Gasteiger partial charge is 0.444 e. The molecule has 1 unspecified atom stereocenters. The van der Waals surface area contributed by atoms with Gasteiger partial charge in [-0.3, -0.25) is 0 Å². The molecule has 23 heavy (non-hydrogen) atoms. The van der Waals surface area contributed by atoms with Gasteiger partial charge in [0.15, 0.2) is 0 Å². The Morgan fingerprint density at radius 1 is 1.30 bits per heavy atom. The molecule has 0 aliphatic heterocycles. The molecule has 0 saturated carbocycles. The van der Waals surface area contributed by atoms with E-state index in [0.29, 0.717) is 23.1 Å². The highest BCUT2D eigenvalue weighted by Gasteiger charge is 2.19. The van der Waals surface area contributed by atoms with Crippen LogP contribution in [-0.4, -0.2) is 36.7 Å². The summed E-state index contributed by atoms with van der Waals surface area (Å²) in [7, 11) is 1.73. The zero-order valence-electron chi connectivity index (χ0n) is 14.5. The highest BCUT2D eigenvalue weighted by molar-refractivity contribution is 6.42. The minimum absolute atomic E-state index is 0.164. The SMILES string of the molecule is CCC(NCCN(C)C(=O)OC(C)(C)C)c1ccc(Cl)c(Cl)c1. The van der Waals surface area contributed by atoms with E-state index in [2.05, 4.69) is 12.2 Å². The Morgan fingerprint density at radius 2 is 1.96 bits per heavy atom. The summed E-state index contributed by atoms with van der Waals surface area (Å²) in [5.74, 6) is 0. The van der Waals surface area contributed by atoms with Crippen molar-refractivity contribution < 1.29 is 9.53 Å². The third kappa shape index (κ3) is 6.98. The van der Waals surface area contributed by atoms with Crippen molar-refractivity contribution in [3.05, 3.63) is 33.8 Å². The zero-order valence-corrected chi connectivity index (χ0v) is 16.0. The summed E-state index contributed by atoms with van der Waals surface area (Å²) in [5, 5.41) is 4.53. The molecule has 1 amide bonds.